The zero-order valence-corrected chi connectivity index (χ0v) is 18.6. The number of Topliss-reactive ketones (excluding diaryl/α,β-unsaturated/α-hetero) is 1. The summed E-state index contributed by atoms with van der Waals surface area (Å²) in [6.45, 7) is 3.05. The molecule has 4 rings (SSSR count). The summed E-state index contributed by atoms with van der Waals surface area (Å²) in [5.41, 5.74) is 1.43. The van der Waals surface area contributed by atoms with Crippen LogP contribution in [0.5, 0.6) is 5.75 Å². The smallest absolute Gasteiger partial charge is 0.262 e. The van der Waals surface area contributed by atoms with Crippen LogP contribution in [-0.4, -0.2) is 47.8 Å². The van der Waals surface area contributed by atoms with Crippen LogP contribution in [0, 0.1) is 13.8 Å². The highest BCUT2D eigenvalue weighted by Gasteiger charge is 2.30. The molecule has 0 bridgehead atoms. The van der Waals surface area contributed by atoms with Crippen molar-refractivity contribution in [2.24, 2.45) is 0 Å². The van der Waals surface area contributed by atoms with Crippen LogP contribution >= 0.6 is 0 Å². The lowest BCUT2D eigenvalue weighted by Crippen LogP contribution is -2.27. The molecule has 0 radical (unpaired) electrons. The highest BCUT2D eigenvalue weighted by atomic mass is 32.2. The number of carbonyl (C=O) groups is 2. The molecule has 1 amide bonds. The number of anilines is 1. The van der Waals surface area contributed by atoms with E-state index in [2.05, 4.69) is 10.4 Å². The van der Waals surface area contributed by atoms with Gasteiger partial charge in [-0.05, 0) is 44.2 Å². The van der Waals surface area contributed by atoms with Gasteiger partial charge in [0.25, 0.3) is 5.91 Å². The molecule has 2 aromatic heterocycles. The van der Waals surface area contributed by atoms with Crippen LogP contribution in [0.1, 0.15) is 27.5 Å². The SMILES string of the molecule is Cc1nn(CC(=O)c2ccc3c(c2)NC(=O)CO3)c(C)c1S(=O)(=O)N(C)Cc1ccco1. The zero-order chi connectivity index (χ0) is 23.0. The fraction of sp³-hybridized carbons (Fsp3) is 0.286. The number of ketones is 1. The summed E-state index contributed by atoms with van der Waals surface area (Å²) in [5, 5.41) is 6.96. The van der Waals surface area contributed by atoms with Crippen LogP contribution in [0.25, 0.3) is 0 Å². The summed E-state index contributed by atoms with van der Waals surface area (Å²) in [7, 11) is -2.40. The van der Waals surface area contributed by atoms with Gasteiger partial charge in [0.15, 0.2) is 12.4 Å². The van der Waals surface area contributed by atoms with Gasteiger partial charge in [-0.1, -0.05) is 0 Å². The first-order valence-corrected chi connectivity index (χ1v) is 11.2. The van der Waals surface area contributed by atoms with Gasteiger partial charge in [0.1, 0.15) is 22.9 Å². The first kappa shape index (κ1) is 21.8. The molecule has 1 aliphatic rings. The Labute approximate surface area is 184 Å². The molecular formula is C21H22N4O6S. The van der Waals surface area contributed by atoms with E-state index in [1.165, 1.54) is 28.4 Å². The van der Waals surface area contributed by atoms with Gasteiger partial charge in [0.2, 0.25) is 10.0 Å². The molecule has 0 unspecified atom stereocenters. The molecule has 0 spiro atoms. The van der Waals surface area contributed by atoms with E-state index in [0.29, 0.717) is 34.1 Å². The van der Waals surface area contributed by atoms with Gasteiger partial charge in [-0.25, -0.2) is 8.42 Å². The van der Waals surface area contributed by atoms with Gasteiger partial charge in [-0.15, -0.1) is 0 Å². The largest absolute Gasteiger partial charge is 0.482 e. The van der Waals surface area contributed by atoms with Crippen LogP contribution in [0.3, 0.4) is 0 Å². The summed E-state index contributed by atoms with van der Waals surface area (Å²) >= 11 is 0. The standard InChI is InChI=1S/C21H22N4O6S/c1-13-21(32(28,29)24(3)10-16-5-4-8-30-16)14(2)25(23-13)11-18(26)15-6-7-19-17(9-15)22-20(27)12-31-19/h4-9H,10-12H2,1-3H3,(H,22,27). The molecule has 10 nitrogen and oxygen atoms in total. The summed E-state index contributed by atoms with van der Waals surface area (Å²) in [6, 6.07) is 8.13. The van der Waals surface area contributed by atoms with Crippen molar-refractivity contribution in [3.63, 3.8) is 0 Å². The predicted octanol–water partition coefficient (Wildman–Crippen LogP) is 2.13. The van der Waals surface area contributed by atoms with Crippen molar-refractivity contribution in [1.29, 1.82) is 0 Å². The fourth-order valence-corrected chi connectivity index (χ4v) is 5.06. The Kier molecular flexibility index (Phi) is 5.61. The number of aromatic nitrogens is 2. The molecule has 1 N–H and O–H groups in total. The Hall–Kier alpha value is -3.44. The Bertz CT molecular complexity index is 1290. The first-order chi connectivity index (χ1) is 15.2. The van der Waals surface area contributed by atoms with Crippen molar-refractivity contribution in [2.75, 3.05) is 19.0 Å². The van der Waals surface area contributed by atoms with E-state index in [4.69, 9.17) is 9.15 Å². The van der Waals surface area contributed by atoms with E-state index in [-0.39, 0.29) is 36.3 Å². The maximum absolute atomic E-state index is 13.2. The summed E-state index contributed by atoms with van der Waals surface area (Å²) in [5.74, 6) is 0.415. The van der Waals surface area contributed by atoms with E-state index < -0.39 is 10.0 Å². The van der Waals surface area contributed by atoms with Gasteiger partial charge >= 0.3 is 0 Å². The minimum absolute atomic E-state index is 0.0606. The normalized spacial score (nSPS) is 13.6. The van der Waals surface area contributed by atoms with Gasteiger partial charge in [0.05, 0.1) is 29.9 Å². The molecule has 32 heavy (non-hydrogen) atoms. The Balaban J connectivity index is 1.57. The van der Waals surface area contributed by atoms with Gasteiger partial charge < -0.3 is 14.5 Å². The monoisotopic (exact) mass is 458 g/mol. The van der Waals surface area contributed by atoms with E-state index >= 15 is 0 Å². The molecule has 0 atom stereocenters. The van der Waals surface area contributed by atoms with Crippen molar-refractivity contribution < 1.29 is 27.2 Å². The molecule has 0 saturated carbocycles. The van der Waals surface area contributed by atoms with E-state index in [1.54, 1.807) is 38.1 Å². The Morgan fingerprint density at radius 2 is 2.06 bits per heavy atom. The molecule has 11 heteroatoms. The number of aryl methyl sites for hydroxylation is 1. The summed E-state index contributed by atoms with van der Waals surface area (Å²) < 4.78 is 39.4. The lowest BCUT2D eigenvalue weighted by molar-refractivity contribution is -0.118. The number of nitrogens with one attached hydrogen (secondary N) is 1. The molecular weight excluding hydrogens is 436 g/mol. The molecule has 0 aliphatic carbocycles. The lowest BCUT2D eigenvalue weighted by atomic mass is 10.1. The van der Waals surface area contributed by atoms with E-state index in [9.17, 15) is 18.0 Å². The third kappa shape index (κ3) is 4.04. The molecule has 0 fully saturated rings. The number of hydrogen-bond acceptors (Lipinski definition) is 7. The number of hydrogen-bond donors (Lipinski definition) is 1. The number of ether oxygens (including phenoxy) is 1. The third-order valence-electron chi connectivity index (χ3n) is 5.17. The maximum Gasteiger partial charge on any atom is 0.262 e. The van der Waals surface area contributed by atoms with Crippen LogP contribution < -0.4 is 10.1 Å². The summed E-state index contributed by atoms with van der Waals surface area (Å²) in [6.07, 6.45) is 1.48. The fourth-order valence-electron chi connectivity index (χ4n) is 3.55. The van der Waals surface area contributed by atoms with Crippen LogP contribution in [0.4, 0.5) is 5.69 Å². The highest BCUT2D eigenvalue weighted by Crippen LogP contribution is 2.29. The van der Waals surface area contributed by atoms with Crippen LogP contribution in [-0.2, 0) is 27.9 Å². The molecule has 168 valence electrons. The molecule has 1 aromatic carbocycles. The Morgan fingerprint density at radius 3 is 2.78 bits per heavy atom. The average Bonchev–Trinajstić information content (AvgIpc) is 3.35. The summed E-state index contributed by atoms with van der Waals surface area (Å²) in [4.78, 5) is 24.5. The van der Waals surface area contributed by atoms with Crippen molar-refractivity contribution in [1.82, 2.24) is 14.1 Å². The zero-order valence-electron chi connectivity index (χ0n) is 17.8. The molecule has 3 heterocycles. The second-order valence-electron chi connectivity index (χ2n) is 7.47. The Morgan fingerprint density at radius 1 is 1.28 bits per heavy atom. The predicted molar refractivity (Wildman–Crippen MR) is 114 cm³/mol. The van der Waals surface area contributed by atoms with E-state index in [0.717, 1.165) is 0 Å². The number of sulfonamides is 1. The lowest BCUT2D eigenvalue weighted by Gasteiger charge is -2.18. The number of rotatable bonds is 7. The van der Waals surface area contributed by atoms with Crippen molar-refractivity contribution >= 4 is 27.4 Å². The second kappa shape index (κ2) is 8.24. The molecule has 3 aromatic rings. The van der Waals surface area contributed by atoms with Crippen molar-refractivity contribution in [3.8, 4) is 5.75 Å². The van der Waals surface area contributed by atoms with Gasteiger partial charge in [-0.3, -0.25) is 14.3 Å². The van der Waals surface area contributed by atoms with Crippen LogP contribution in [0.15, 0.2) is 45.9 Å². The van der Waals surface area contributed by atoms with Crippen molar-refractivity contribution in [3.05, 3.63) is 59.3 Å². The number of fused-ring (bicyclic) bond motifs is 1. The van der Waals surface area contributed by atoms with Crippen LogP contribution in [0.2, 0.25) is 0 Å². The highest BCUT2D eigenvalue weighted by molar-refractivity contribution is 7.89. The number of benzene rings is 1. The van der Waals surface area contributed by atoms with E-state index in [1.807, 2.05) is 0 Å². The number of amides is 1. The first-order valence-electron chi connectivity index (χ1n) is 9.79. The minimum Gasteiger partial charge on any atom is -0.482 e. The average molecular weight is 458 g/mol. The third-order valence-corrected chi connectivity index (χ3v) is 7.23. The maximum atomic E-state index is 13.2. The number of furan rings is 1. The molecule has 0 saturated heterocycles. The second-order valence-corrected chi connectivity index (χ2v) is 9.45. The quantitative estimate of drug-likeness (QED) is 0.538. The number of nitrogens with zero attached hydrogens (tertiary/aromatic N) is 3. The topological polar surface area (TPSA) is 124 Å². The molecule has 1 aliphatic heterocycles. The van der Waals surface area contributed by atoms with Crippen molar-refractivity contribution in [2.45, 2.75) is 31.8 Å². The van der Waals surface area contributed by atoms with Gasteiger partial charge in [-0.2, -0.15) is 9.40 Å². The number of carbonyl (C=O) groups excluding carboxylic acids is 2. The minimum atomic E-state index is -3.86. The van der Waals surface area contributed by atoms with Gasteiger partial charge in [0, 0.05) is 12.6 Å².